The quantitative estimate of drug-likeness (QED) is 0.907. The fourth-order valence-corrected chi connectivity index (χ4v) is 3.17. The van der Waals surface area contributed by atoms with Crippen LogP contribution in [0.15, 0.2) is 42.5 Å². The summed E-state index contributed by atoms with van der Waals surface area (Å²) in [6.07, 6.45) is 0.184. The fourth-order valence-electron chi connectivity index (χ4n) is 2.99. The number of nitrogens with one attached hydrogen (secondary N) is 1. The molecule has 1 aliphatic rings. The third kappa shape index (κ3) is 3.61. The Morgan fingerprint density at radius 3 is 2.76 bits per heavy atom. The van der Waals surface area contributed by atoms with Crippen LogP contribution in [0.25, 0.3) is 0 Å². The van der Waals surface area contributed by atoms with Gasteiger partial charge in [-0.15, -0.1) is 0 Å². The van der Waals surface area contributed by atoms with Gasteiger partial charge in [-0.1, -0.05) is 29.8 Å². The highest BCUT2D eigenvalue weighted by Gasteiger charge is 2.35. The Morgan fingerprint density at radius 2 is 2.04 bits per heavy atom. The third-order valence-electron chi connectivity index (χ3n) is 4.32. The lowest BCUT2D eigenvalue weighted by Crippen LogP contribution is -2.28. The van der Waals surface area contributed by atoms with Crippen molar-refractivity contribution < 1.29 is 14.3 Å². The molecular weight excluding hydrogens is 340 g/mol. The standard InChI is InChI=1S/C19H19ClN2O3/c1-12-5-3-4-6-16(12)22-11-13(9-18(22)23)19(24)21-15-10-14(20)7-8-17(15)25-2/h3-8,10,13H,9,11H2,1-2H3,(H,21,24). The summed E-state index contributed by atoms with van der Waals surface area (Å²) in [6, 6.07) is 12.7. The number of carbonyl (C=O) groups is 2. The van der Waals surface area contributed by atoms with Crippen LogP contribution in [0.4, 0.5) is 11.4 Å². The summed E-state index contributed by atoms with van der Waals surface area (Å²) in [5, 5.41) is 3.32. The molecule has 1 aliphatic heterocycles. The van der Waals surface area contributed by atoms with Gasteiger partial charge in [-0.3, -0.25) is 9.59 Å². The number of amides is 2. The predicted octanol–water partition coefficient (Wildman–Crippen LogP) is 3.65. The Balaban J connectivity index is 1.75. The molecular formula is C19H19ClN2O3. The molecule has 1 unspecified atom stereocenters. The molecule has 130 valence electrons. The van der Waals surface area contributed by atoms with Crippen LogP contribution in [-0.2, 0) is 9.59 Å². The number of ether oxygens (including phenoxy) is 1. The topological polar surface area (TPSA) is 58.6 Å². The Labute approximate surface area is 151 Å². The molecule has 3 rings (SSSR count). The zero-order valence-electron chi connectivity index (χ0n) is 14.1. The molecule has 0 spiro atoms. The van der Waals surface area contributed by atoms with E-state index in [2.05, 4.69) is 5.32 Å². The van der Waals surface area contributed by atoms with Gasteiger partial charge >= 0.3 is 0 Å². The van der Waals surface area contributed by atoms with E-state index in [1.54, 1.807) is 23.1 Å². The van der Waals surface area contributed by atoms with Crippen molar-refractivity contribution in [1.82, 2.24) is 0 Å². The van der Waals surface area contributed by atoms with Gasteiger partial charge in [0.2, 0.25) is 11.8 Å². The van der Waals surface area contributed by atoms with Gasteiger partial charge in [-0.2, -0.15) is 0 Å². The van der Waals surface area contributed by atoms with Crippen LogP contribution in [0, 0.1) is 12.8 Å². The third-order valence-corrected chi connectivity index (χ3v) is 4.56. The maximum atomic E-state index is 12.6. The van der Waals surface area contributed by atoms with E-state index in [0.29, 0.717) is 23.0 Å². The molecule has 0 radical (unpaired) electrons. The summed E-state index contributed by atoms with van der Waals surface area (Å²) in [6.45, 7) is 2.31. The monoisotopic (exact) mass is 358 g/mol. The van der Waals surface area contributed by atoms with E-state index in [9.17, 15) is 9.59 Å². The van der Waals surface area contributed by atoms with Crippen molar-refractivity contribution in [3.05, 3.63) is 53.1 Å². The number of hydrogen-bond acceptors (Lipinski definition) is 3. The number of methoxy groups -OCH3 is 1. The average Bonchev–Trinajstić information content (AvgIpc) is 2.97. The molecule has 1 atom stereocenters. The zero-order chi connectivity index (χ0) is 18.0. The molecule has 0 bridgehead atoms. The van der Waals surface area contributed by atoms with Crippen LogP contribution in [0.3, 0.4) is 0 Å². The number of rotatable bonds is 4. The fraction of sp³-hybridized carbons (Fsp3) is 0.263. The van der Waals surface area contributed by atoms with E-state index in [4.69, 9.17) is 16.3 Å². The summed E-state index contributed by atoms with van der Waals surface area (Å²) in [4.78, 5) is 26.7. The van der Waals surface area contributed by atoms with Gasteiger partial charge in [0.1, 0.15) is 5.75 Å². The molecule has 1 N–H and O–H groups in total. The molecule has 5 nitrogen and oxygen atoms in total. The molecule has 6 heteroatoms. The SMILES string of the molecule is COc1ccc(Cl)cc1NC(=O)C1CC(=O)N(c2ccccc2C)C1. The number of para-hydroxylation sites is 1. The van der Waals surface area contributed by atoms with E-state index in [-0.39, 0.29) is 18.2 Å². The van der Waals surface area contributed by atoms with Gasteiger partial charge in [0.05, 0.1) is 18.7 Å². The van der Waals surface area contributed by atoms with E-state index >= 15 is 0 Å². The first-order chi connectivity index (χ1) is 12.0. The molecule has 0 aromatic heterocycles. The minimum Gasteiger partial charge on any atom is -0.495 e. The molecule has 25 heavy (non-hydrogen) atoms. The Morgan fingerprint density at radius 1 is 1.28 bits per heavy atom. The van der Waals surface area contributed by atoms with Crippen molar-refractivity contribution in [3.63, 3.8) is 0 Å². The number of hydrogen-bond donors (Lipinski definition) is 1. The second-order valence-electron chi connectivity index (χ2n) is 6.03. The number of carbonyl (C=O) groups excluding carboxylic acids is 2. The van der Waals surface area contributed by atoms with Crippen LogP contribution in [0.1, 0.15) is 12.0 Å². The zero-order valence-corrected chi connectivity index (χ0v) is 14.8. The van der Waals surface area contributed by atoms with Gasteiger partial charge in [0, 0.05) is 23.7 Å². The Kier molecular flexibility index (Phi) is 4.95. The summed E-state index contributed by atoms with van der Waals surface area (Å²) in [5.74, 6) is -0.161. The Hall–Kier alpha value is -2.53. The van der Waals surface area contributed by atoms with Crippen molar-refractivity contribution in [1.29, 1.82) is 0 Å². The molecule has 2 aromatic carbocycles. The Bertz CT molecular complexity index is 822. The normalized spacial score (nSPS) is 16.8. The first-order valence-electron chi connectivity index (χ1n) is 8.00. The highest BCUT2D eigenvalue weighted by molar-refractivity contribution is 6.31. The lowest BCUT2D eigenvalue weighted by molar-refractivity contribution is -0.122. The van der Waals surface area contributed by atoms with Crippen molar-refractivity contribution in [3.8, 4) is 5.75 Å². The lowest BCUT2D eigenvalue weighted by atomic mass is 10.1. The van der Waals surface area contributed by atoms with E-state index in [0.717, 1.165) is 11.3 Å². The van der Waals surface area contributed by atoms with Crippen molar-refractivity contribution in [2.24, 2.45) is 5.92 Å². The first-order valence-corrected chi connectivity index (χ1v) is 8.38. The van der Waals surface area contributed by atoms with Gasteiger partial charge in [0.25, 0.3) is 0 Å². The number of anilines is 2. The number of aryl methyl sites for hydroxylation is 1. The van der Waals surface area contributed by atoms with Gasteiger partial charge in [-0.25, -0.2) is 0 Å². The number of benzene rings is 2. The minimum atomic E-state index is -0.421. The predicted molar refractivity (Wildman–Crippen MR) is 98.3 cm³/mol. The summed E-state index contributed by atoms with van der Waals surface area (Å²) < 4.78 is 5.24. The van der Waals surface area contributed by atoms with Crippen LogP contribution >= 0.6 is 11.6 Å². The smallest absolute Gasteiger partial charge is 0.229 e. The number of nitrogens with zero attached hydrogens (tertiary/aromatic N) is 1. The second kappa shape index (κ2) is 7.15. The van der Waals surface area contributed by atoms with Gasteiger partial charge in [-0.05, 0) is 36.8 Å². The molecule has 0 aliphatic carbocycles. The highest BCUT2D eigenvalue weighted by Crippen LogP contribution is 2.31. The van der Waals surface area contributed by atoms with Crippen LogP contribution < -0.4 is 15.0 Å². The molecule has 1 heterocycles. The molecule has 1 saturated heterocycles. The van der Waals surface area contributed by atoms with Gasteiger partial charge in [0.15, 0.2) is 0 Å². The minimum absolute atomic E-state index is 0.0486. The van der Waals surface area contributed by atoms with Crippen molar-refractivity contribution in [2.75, 3.05) is 23.9 Å². The maximum Gasteiger partial charge on any atom is 0.229 e. The van der Waals surface area contributed by atoms with E-state index < -0.39 is 5.92 Å². The second-order valence-corrected chi connectivity index (χ2v) is 6.46. The summed E-state index contributed by atoms with van der Waals surface area (Å²) in [5.41, 5.74) is 2.36. The highest BCUT2D eigenvalue weighted by atomic mass is 35.5. The largest absolute Gasteiger partial charge is 0.495 e. The molecule has 0 saturated carbocycles. The first kappa shape index (κ1) is 17.3. The maximum absolute atomic E-state index is 12.6. The summed E-state index contributed by atoms with van der Waals surface area (Å²) >= 11 is 5.99. The van der Waals surface area contributed by atoms with Crippen LogP contribution in [0.5, 0.6) is 5.75 Å². The molecule has 2 aromatic rings. The van der Waals surface area contributed by atoms with Crippen LogP contribution in [0.2, 0.25) is 5.02 Å². The average molecular weight is 359 g/mol. The summed E-state index contributed by atoms with van der Waals surface area (Å²) in [7, 11) is 1.53. The van der Waals surface area contributed by atoms with E-state index in [1.165, 1.54) is 7.11 Å². The van der Waals surface area contributed by atoms with Gasteiger partial charge < -0.3 is 15.0 Å². The van der Waals surface area contributed by atoms with Crippen LogP contribution in [-0.4, -0.2) is 25.5 Å². The van der Waals surface area contributed by atoms with Crippen molar-refractivity contribution >= 4 is 34.8 Å². The molecule has 1 fully saturated rings. The van der Waals surface area contributed by atoms with Crippen molar-refractivity contribution in [2.45, 2.75) is 13.3 Å². The number of halogens is 1. The lowest BCUT2D eigenvalue weighted by Gasteiger charge is -2.19. The van der Waals surface area contributed by atoms with E-state index in [1.807, 2.05) is 31.2 Å². The molecule has 2 amide bonds.